The van der Waals surface area contributed by atoms with Crippen molar-refractivity contribution in [2.24, 2.45) is 0 Å². The quantitative estimate of drug-likeness (QED) is 0.485. The van der Waals surface area contributed by atoms with Crippen LogP contribution in [-0.2, 0) is 0 Å². The monoisotopic (exact) mass is 291 g/mol. The van der Waals surface area contributed by atoms with E-state index in [1.807, 2.05) is 0 Å². The number of aromatic nitrogens is 2. The van der Waals surface area contributed by atoms with E-state index in [1.54, 1.807) is 0 Å². The molecule has 0 saturated carbocycles. The second kappa shape index (κ2) is 5.05. The maximum Gasteiger partial charge on any atom is 0.269 e. The van der Waals surface area contributed by atoms with Crippen molar-refractivity contribution in [1.82, 2.24) is 9.55 Å². The Kier molecular flexibility index (Phi) is 3.44. The number of carbonyl (C=O) groups excluding carboxylic acids is 1. The van der Waals surface area contributed by atoms with Crippen LogP contribution in [0.3, 0.4) is 0 Å². The van der Waals surface area contributed by atoms with Gasteiger partial charge in [0.05, 0.1) is 4.92 Å². The van der Waals surface area contributed by atoms with E-state index in [-0.39, 0.29) is 27.7 Å². The van der Waals surface area contributed by atoms with Crippen molar-refractivity contribution in [1.29, 1.82) is 0 Å². The van der Waals surface area contributed by atoms with E-state index in [0.29, 0.717) is 0 Å². The number of non-ortho nitro benzene ring substituents is 1. The highest BCUT2D eigenvalue weighted by Crippen LogP contribution is 2.15. The summed E-state index contributed by atoms with van der Waals surface area (Å²) >= 11 is 4.93. The van der Waals surface area contributed by atoms with E-state index in [4.69, 9.17) is 23.7 Å². The highest BCUT2D eigenvalue weighted by Gasteiger charge is 2.14. The fourth-order valence-electron chi connectivity index (χ4n) is 1.58. The van der Waals surface area contributed by atoms with Gasteiger partial charge in [0.1, 0.15) is 11.6 Å². The first-order chi connectivity index (χ1) is 9.40. The van der Waals surface area contributed by atoms with Gasteiger partial charge in [-0.2, -0.15) is 0 Å². The van der Waals surface area contributed by atoms with E-state index < -0.39 is 10.8 Å². The normalized spacial score (nSPS) is 10.2. The van der Waals surface area contributed by atoms with Crippen LogP contribution in [0.2, 0.25) is 0 Å². The molecule has 102 valence electrons. The van der Waals surface area contributed by atoms with Gasteiger partial charge < -0.3 is 11.5 Å². The molecule has 0 aliphatic carbocycles. The lowest BCUT2D eigenvalue weighted by atomic mass is 10.2. The number of nitro benzene ring substituents is 1. The van der Waals surface area contributed by atoms with Gasteiger partial charge in [0.25, 0.3) is 11.6 Å². The molecule has 0 unspecified atom stereocenters. The van der Waals surface area contributed by atoms with Crippen LogP contribution in [0.15, 0.2) is 30.3 Å². The minimum absolute atomic E-state index is 0.0471. The Morgan fingerprint density at radius 2 is 1.90 bits per heavy atom. The fourth-order valence-corrected chi connectivity index (χ4v) is 1.87. The van der Waals surface area contributed by atoms with Crippen LogP contribution in [0.5, 0.6) is 0 Å². The number of nitro groups is 1. The highest BCUT2D eigenvalue weighted by molar-refractivity contribution is 7.71. The number of hydrogen-bond donors (Lipinski definition) is 2. The fraction of sp³-hybridized carbons (Fsp3) is 0. The number of carbonyl (C=O) groups is 1. The van der Waals surface area contributed by atoms with Crippen LogP contribution in [0, 0.1) is 14.9 Å². The molecular formula is C11H9N5O3S. The van der Waals surface area contributed by atoms with E-state index >= 15 is 0 Å². The maximum absolute atomic E-state index is 12.2. The predicted octanol–water partition coefficient (Wildman–Crippen LogP) is 1.37. The average molecular weight is 291 g/mol. The molecule has 2 aromatic rings. The first-order valence-corrected chi connectivity index (χ1v) is 5.75. The van der Waals surface area contributed by atoms with Crippen LogP contribution < -0.4 is 11.5 Å². The topological polar surface area (TPSA) is 130 Å². The summed E-state index contributed by atoms with van der Waals surface area (Å²) in [7, 11) is 0. The molecule has 0 saturated heterocycles. The number of anilines is 2. The Morgan fingerprint density at radius 1 is 1.30 bits per heavy atom. The maximum atomic E-state index is 12.2. The Balaban J connectivity index is 2.47. The molecule has 4 N–H and O–H groups in total. The lowest BCUT2D eigenvalue weighted by Gasteiger charge is -2.09. The lowest BCUT2D eigenvalue weighted by Crippen LogP contribution is -2.18. The number of hydrogen-bond acceptors (Lipinski definition) is 7. The van der Waals surface area contributed by atoms with Crippen LogP contribution in [0.25, 0.3) is 0 Å². The molecule has 8 nitrogen and oxygen atoms in total. The molecule has 0 aliphatic rings. The largest absolute Gasteiger partial charge is 0.385 e. The van der Waals surface area contributed by atoms with E-state index in [1.165, 1.54) is 30.3 Å². The van der Waals surface area contributed by atoms with Crippen molar-refractivity contribution in [3.63, 3.8) is 0 Å². The summed E-state index contributed by atoms with van der Waals surface area (Å²) in [6.07, 6.45) is 0. The molecular weight excluding hydrogens is 282 g/mol. The molecule has 2 rings (SSSR count). The van der Waals surface area contributed by atoms with Crippen LogP contribution >= 0.6 is 12.2 Å². The van der Waals surface area contributed by atoms with Gasteiger partial charge in [-0.15, -0.1) is 0 Å². The number of benzene rings is 1. The van der Waals surface area contributed by atoms with Crippen molar-refractivity contribution in [3.8, 4) is 0 Å². The van der Waals surface area contributed by atoms with Gasteiger partial charge in [-0.1, -0.05) is 0 Å². The van der Waals surface area contributed by atoms with Crippen LogP contribution in [-0.4, -0.2) is 20.4 Å². The molecule has 0 radical (unpaired) electrons. The number of nitrogens with two attached hydrogens (primary N) is 2. The van der Waals surface area contributed by atoms with Gasteiger partial charge in [-0.05, 0) is 24.4 Å². The minimum Gasteiger partial charge on any atom is -0.385 e. The van der Waals surface area contributed by atoms with Gasteiger partial charge in [-0.3, -0.25) is 14.9 Å². The second-order valence-electron chi connectivity index (χ2n) is 3.83. The third kappa shape index (κ3) is 2.47. The molecule has 0 aliphatic heterocycles. The third-order valence-electron chi connectivity index (χ3n) is 2.50. The van der Waals surface area contributed by atoms with Crippen molar-refractivity contribution >= 4 is 35.4 Å². The van der Waals surface area contributed by atoms with Gasteiger partial charge >= 0.3 is 0 Å². The summed E-state index contributed by atoms with van der Waals surface area (Å²) in [6.45, 7) is 0. The molecule has 0 spiro atoms. The van der Waals surface area contributed by atoms with Crippen molar-refractivity contribution in [2.45, 2.75) is 0 Å². The smallest absolute Gasteiger partial charge is 0.269 e. The lowest BCUT2D eigenvalue weighted by molar-refractivity contribution is -0.384. The zero-order valence-corrected chi connectivity index (χ0v) is 10.8. The molecule has 1 aromatic carbocycles. The van der Waals surface area contributed by atoms with Gasteiger partial charge in [0, 0.05) is 23.8 Å². The first kappa shape index (κ1) is 13.6. The van der Waals surface area contributed by atoms with E-state index in [9.17, 15) is 14.9 Å². The summed E-state index contributed by atoms with van der Waals surface area (Å²) in [4.78, 5) is 26.0. The highest BCUT2D eigenvalue weighted by atomic mass is 32.1. The summed E-state index contributed by atoms with van der Waals surface area (Å²) in [5.41, 5.74) is 11.2. The first-order valence-electron chi connectivity index (χ1n) is 5.34. The second-order valence-corrected chi connectivity index (χ2v) is 4.20. The van der Waals surface area contributed by atoms with Crippen LogP contribution in [0.1, 0.15) is 10.4 Å². The van der Waals surface area contributed by atoms with Gasteiger partial charge in [0.2, 0.25) is 4.77 Å². The average Bonchev–Trinajstić information content (AvgIpc) is 2.37. The summed E-state index contributed by atoms with van der Waals surface area (Å²) in [5, 5.41) is 10.6. The van der Waals surface area contributed by atoms with Crippen molar-refractivity contribution in [3.05, 3.63) is 50.8 Å². The molecule has 9 heteroatoms. The zero-order valence-electron chi connectivity index (χ0n) is 10.0. The number of nitrogen functional groups attached to an aromatic ring is 2. The van der Waals surface area contributed by atoms with Gasteiger partial charge in [-0.25, -0.2) is 9.55 Å². The molecule has 0 amide bonds. The van der Waals surface area contributed by atoms with Gasteiger partial charge in [0.15, 0.2) is 0 Å². The van der Waals surface area contributed by atoms with E-state index in [0.717, 1.165) is 4.57 Å². The Labute approximate surface area is 117 Å². The molecule has 20 heavy (non-hydrogen) atoms. The Hall–Kier alpha value is -2.81. The van der Waals surface area contributed by atoms with Crippen molar-refractivity contribution < 1.29 is 9.72 Å². The van der Waals surface area contributed by atoms with Crippen molar-refractivity contribution in [2.75, 3.05) is 11.5 Å². The Bertz CT molecular complexity index is 754. The molecule has 0 fully saturated rings. The predicted molar refractivity (Wildman–Crippen MR) is 74.7 cm³/mol. The Morgan fingerprint density at radius 3 is 2.40 bits per heavy atom. The molecule has 0 atom stereocenters. The summed E-state index contributed by atoms with van der Waals surface area (Å²) < 4.78 is 0.929. The van der Waals surface area contributed by atoms with Crippen LogP contribution in [0.4, 0.5) is 17.3 Å². The molecule has 1 aromatic heterocycles. The summed E-state index contributed by atoms with van der Waals surface area (Å²) in [5.74, 6) is -0.374. The molecule has 1 heterocycles. The molecule has 0 bridgehead atoms. The number of rotatable bonds is 2. The minimum atomic E-state index is -0.557. The number of nitrogens with zero attached hydrogens (tertiary/aromatic N) is 3. The SMILES string of the molecule is Nc1cc(N)n(C(=O)c2ccc([N+](=O)[O-])cc2)c(=S)n1. The third-order valence-corrected chi connectivity index (χ3v) is 2.77. The summed E-state index contributed by atoms with van der Waals surface area (Å²) in [6, 6.07) is 6.38. The zero-order chi connectivity index (χ0) is 14.9. The standard InChI is InChI=1S/C11H9N5O3S/c12-8-5-9(13)15(11(20)14-8)10(17)6-1-3-7(4-2-6)16(18)19/h1-5H,13H2,(H2,12,14,20). The van der Waals surface area contributed by atoms with E-state index in [2.05, 4.69) is 4.98 Å².